The van der Waals surface area contributed by atoms with E-state index in [-0.39, 0.29) is 12.1 Å². The van der Waals surface area contributed by atoms with E-state index in [9.17, 15) is 13.2 Å². The lowest BCUT2D eigenvalue weighted by Crippen LogP contribution is -2.35. The summed E-state index contributed by atoms with van der Waals surface area (Å²) < 4.78 is 35.2. The van der Waals surface area contributed by atoms with Crippen LogP contribution in [0.25, 0.3) is 0 Å². The van der Waals surface area contributed by atoms with Gasteiger partial charge in [0, 0.05) is 12.5 Å². The second kappa shape index (κ2) is 6.45. The van der Waals surface area contributed by atoms with E-state index in [4.69, 9.17) is 4.55 Å². The third kappa shape index (κ3) is 3.37. The Bertz CT molecular complexity index is 761. The molecule has 2 atom stereocenters. The van der Waals surface area contributed by atoms with E-state index < -0.39 is 16.4 Å². The van der Waals surface area contributed by atoms with Crippen LogP contribution in [0, 0.1) is 0 Å². The number of hydroxylamine groups is 2. The molecule has 0 unspecified atom stereocenters. The van der Waals surface area contributed by atoms with Gasteiger partial charge in [0.25, 0.3) is 0 Å². The van der Waals surface area contributed by atoms with E-state index in [2.05, 4.69) is 14.5 Å². The lowest BCUT2D eigenvalue weighted by Gasteiger charge is -2.28. The lowest BCUT2D eigenvalue weighted by atomic mass is 9.90. The van der Waals surface area contributed by atoms with E-state index in [1.807, 2.05) is 0 Å². The lowest BCUT2D eigenvalue weighted by molar-refractivity contribution is -0.0317. The first kappa shape index (κ1) is 17.1. The summed E-state index contributed by atoms with van der Waals surface area (Å²) in [7, 11) is -4.72. The maximum atomic E-state index is 12.5. The maximum Gasteiger partial charge on any atom is 0.418 e. The molecule has 2 saturated heterocycles. The molecule has 11 heteroatoms. The van der Waals surface area contributed by atoms with Crippen LogP contribution in [0.5, 0.6) is 0 Å². The number of rotatable bonds is 4. The molecule has 3 aliphatic rings. The summed E-state index contributed by atoms with van der Waals surface area (Å²) in [4.78, 5) is 14.0. The number of amides is 2. The number of hydrogen-bond donors (Lipinski definition) is 1. The van der Waals surface area contributed by atoms with Crippen molar-refractivity contribution in [3.63, 3.8) is 0 Å². The van der Waals surface area contributed by atoms with Gasteiger partial charge in [0.1, 0.15) is 10.0 Å². The molecule has 0 aromatic carbocycles. The quantitative estimate of drug-likeness (QED) is 0.787. The Kier molecular flexibility index (Phi) is 4.42. The van der Waals surface area contributed by atoms with Crippen LogP contribution in [0.15, 0.2) is 0 Å². The van der Waals surface area contributed by atoms with Gasteiger partial charge in [-0.3, -0.25) is 4.55 Å². The van der Waals surface area contributed by atoms with Crippen LogP contribution in [0.2, 0.25) is 0 Å². The molecular formula is C14H20N4O5S2. The van der Waals surface area contributed by atoms with Crippen molar-refractivity contribution >= 4 is 27.8 Å². The largest absolute Gasteiger partial charge is 0.418 e. The number of carbonyl (C=O) groups excluding carboxylic acids is 1. The second-order valence-electron chi connectivity index (χ2n) is 6.82. The summed E-state index contributed by atoms with van der Waals surface area (Å²) in [6, 6.07) is -1.15. The molecule has 1 aromatic heterocycles. The summed E-state index contributed by atoms with van der Waals surface area (Å²) >= 11 is 1.56. The van der Waals surface area contributed by atoms with E-state index in [1.165, 1.54) is 19.3 Å². The standard InChI is InChI=1S/C14H20N4O5S2/c19-14-17-8-10(18(14)23-25(20,21)22)6-7-11(17)13-16-15-12(24-13)9-4-2-1-3-5-9/h9-11H,1-8H2,(H,20,21,22)/t10-,11+/m1/s1. The summed E-state index contributed by atoms with van der Waals surface area (Å²) in [5, 5.41) is 11.3. The topological polar surface area (TPSA) is 113 Å². The van der Waals surface area contributed by atoms with Gasteiger partial charge < -0.3 is 4.90 Å². The minimum Gasteiger partial charge on any atom is -0.311 e. The molecule has 2 bridgehead atoms. The minimum atomic E-state index is -4.72. The summed E-state index contributed by atoms with van der Waals surface area (Å²) in [5.41, 5.74) is 0. The normalized spacial score (nSPS) is 28.0. The van der Waals surface area contributed by atoms with Gasteiger partial charge in [-0.05, 0) is 25.7 Å². The van der Waals surface area contributed by atoms with Crippen LogP contribution in [-0.2, 0) is 14.7 Å². The number of piperidine rings is 1. The third-order valence-corrected chi connectivity index (χ3v) is 6.73. The first-order valence-corrected chi connectivity index (χ1v) is 10.7. The Balaban J connectivity index is 1.51. The van der Waals surface area contributed by atoms with Gasteiger partial charge in [-0.2, -0.15) is 13.5 Å². The molecule has 138 valence electrons. The van der Waals surface area contributed by atoms with Crippen molar-refractivity contribution in [3.05, 3.63) is 10.0 Å². The van der Waals surface area contributed by atoms with Crippen molar-refractivity contribution in [3.8, 4) is 0 Å². The molecule has 2 amide bonds. The zero-order chi connectivity index (χ0) is 17.6. The van der Waals surface area contributed by atoms with Gasteiger partial charge in [-0.15, -0.1) is 14.5 Å². The molecular weight excluding hydrogens is 368 g/mol. The molecule has 1 aliphatic carbocycles. The van der Waals surface area contributed by atoms with Crippen molar-refractivity contribution in [2.75, 3.05) is 6.54 Å². The summed E-state index contributed by atoms with van der Waals surface area (Å²) in [6.45, 7) is 0.358. The van der Waals surface area contributed by atoms with Crippen LogP contribution in [0.3, 0.4) is 0 Å². The Hall–Kier alpha value is -1.30. The Morgan fingerprint density at radius 2 is 1.80 bits per heavy atom. The molecule has 1 aromatic rings. The van der Waals surface area contributed by atoms with Crippen molar-refractivity contribution in [1.82, 2.24) is 20.2 Å². The highest BCUT2D eigenvalue weighted by molar-refractivity contribution is 7.80. The molecule has 0 radical (unpaired) electrons. The van der Waals surface area contributed by atoms with Crippen molar-refractivity contribution < 1.29 is 22.0 Å². The number of urea groups is 1. The fraction of sp³-hybridized carbons (Fsp3) is 0.786. The number of fused-ring (bicyclic) bond motifs is 2. The third-order valence-electron chi connectivity index (χ3n) is 5.19. The van der Waals surface area contributed by atoms with Gasteiger partial charge in [0.2, 0.25) is 0 Å². The van der Waals surface area contributed by atoms with E-state index >= 15 is 0 Å². The van der Waals surface area contributed by atoms with E-state index in [0.717, 1.165) is 27.9 Å². The zero-order valence-corrected chi connectivity index (χ0v) is 15.2. The van der Waals surface area contributed by atoms with Crippen molar-refractivity contribution in [2.45, 2.75) is 62.9 Å². The highest BCUT2D eigenvalue weighted by Crippen LogP contribution is 2.41. The van der Waals surface area contributed by atoms with E-state index in [0.29, 0.717) is 25.3 Å². The highest BCUT2D eigenvalue weighted by atomic mass is 32.3. The van der Waals surface area contributed by atoms with Gasteiger partial charge in [-0.25, -0.2) is 4.79 Å². The van der Waals surface area contributed by atoms with Gasteiger partial charge >= 0.3 is 16.4 Å². The van der Waals surface area contributed by atoms with Crippen LogP contribution in [0.1, 0.15) is 66.9 Å². The number of nitrogens with zero attached hydrogens (tertiary/aromatic N) is 4. The first-order valence-electron chi connectivity index (χ1n) is 8.52. The monoisotopic (exact) mass is 388 g/mol. The van der Waals surface area contributed by atoms with Crippen LogP contribution >= 0.6 is 11.3 Å². The van der Waals surface area contributed by atoms with Gasteiger partial charge in [0.15, 0.2) is 0 Å². The average molecular weight is 388 g/mol. The predicted molar refractivity (Wildman–Crippen MR) is 88.1 cm³/mol. The Labute approximate surface area is 149 Å². The van der Waals surface area contributed by atoms with Crippen LogP contribution < -0.4 is 0 Å². The van der Waals surface area contributed by atoms with E-state index in [1.54, 1.807) is 16.2 Å². The first-order chi connectivity index (χ1) is 11.9. The molecule has 2 aliphatic heterocycles. The summed E-state index contributed by atoms with van der Waals surface area (Å²) in [6.07, 6.45) is 7.24. The van der Waals surface area contributed by atoms with Crippen molar-refractivity contribution in [2.24, 2.45) is 0 Å². The number of hydrogen-bond acceptors (Lipinski definition) is 7. The van der Waals surface area contributed by atoms with Crippen LogP contribution in [-0.4, -0.2) is 51.7 Å². The fourth-order valence-electron chi connectivity index (χ4n) is 3.98. The molecule has 9 nitrogen and oxygen atoms in total. The molecule has 0 spiro atoms. The molecule has 1 saturated carbocycles. The highest BCUT2D eigenvalue weighted by Gasteiger charge is 2.48. The Morgan fingerprint density at radius 1 is 1.08 bits per heavy atom. The van der Waals surface area contributed by atoms with Crippen molar-refractivity contribution in [1.29, 1.82) is 0 Å². The SMILES string of the molecule is O=C1N2C[C@@H](CC[C@H]2c2nnc(C3CCCCC3)s2)N1OS(=O)(=O)O. The second-order valence-corrected chi connectivity index (χ2v) is 8.87. The average Bonchev–Trinajstić information content (AvgIpc) is 3.16. The van der Waals surface area contributed by atoms with Gasteiger partial charge in [0.05, 0.1) is 12.1 Å². The minimum absolute atomic E-state index is 0.214. The molecule has 4 rings (SSSR count). The molecule has 3 fully saturated rings. The summed E-state index contributed by atoms with van der Waals surface area (Å²) in [5.74, 6) is 0.463. The number of carbonyl (C=O) groups is 1. The molecule has 3 heterocycles. The number of aromatic nitrogens is 2. The predicted octanol–water partition coefficient (Wildman–Crippen LogP) is 2.26. The van der Waals surface area contributed by atoms with Crippen LogP contribution in [0.4, 0.5) is 4.79 Å². The van der Waals surface area contributed by atoms with Gasteiger partial charge in [-0.1, -0.05) is 30.6 Å². The zero-order valence-electron chi connectivity index (χ0n) is 13.6. The Morgan fingerprint density at radius 3 is 2.52 bits per heavy atom. The maximum absolute atomic E-state index is 12.5. The fourth-order valence-corrected chi connectivity index (χ4v) is 5.53. The molecule has 1 N–H and O–H groups in total. The molecule has 25 heavy (non-hydrogen) atoms. The smallest absolute Gasteiger partial charge is 0.311 e.